The third kappa shape index (κ3) is 2.70. The number of hydrogen-bond donors (Lipinski definition) is 2. The number of hydrogen-bond acceptors (Lipinski definition) is 4. The molecule has 1 heterocycles. The minimum atomic E-state index is -0.317. The number of aromatic amines is 1. The van der Waals surface area contributed by atoms with Crippen molar-refractivity contribution in [3.8, 4) is 11.5 Å². The molecule has 2 rings (SSSR count). The van der Waals surface area contributed by atoms with E-state index in [0.29, 0.717) is 27.9 Å². The van der Waals surface area contributed by atoms with Gasteiger partial charge in [0.2, 0.25) is 0 Å². The Kier molecular flexibility index (Phi) is 4.14. The summed E-state index contributed by atoms with van der Waals surface area (Å²) in [6.45, 7) is 1.79. The molecule has 1 aromatic carbocycles. The average Bonchev–Trinajstić information content (AvgIpc) is 2.86. The van der Waals surface area contributed by atoms with Crippen molar-refractivity contribution in [2.24, 2.45) is 0 Å². The molecule has 0 fully saturated rings. The van der Waals surface area contributed by atoms with E-state index in [1.807, 2.05) is 0 Å². The average molecular weight is 296 g/mol. The third-order valence-corrected chi connectivity index (χ3v) is 3.07. The first-order valence-electron chi connectivity index (χ1n) is 5.79. The van der Waals surface area contributed by atoms with E-state index in [0.717, 1.165) is 5.56 Å². The van der Waals surface area contributed by atoms with Crippen LogP contribution in [0.15, 0.2) is 18.3 Å². The highest BCUT2D eigenvalue weighted by atomic mass is 35.5. The van der Waals surface area contributed by atoms with Crippen molar-refractivity contribution in [2.75, 3.05) is 19.5 Å². The van der Waals surface area contributed by atoms with Gasteiger partial charge in [-0.2, -0.15) is 5.10 Å². The van der Waals surface area contributed by atoms with E-state index in [1.165, 1.54) is 14.2 Å². The highest BCUT2D eigenvalue weighted by Gasteiger charge is 2.16. The first-order chi connectivity index (χ1) is 9.56. The summed E-state index contributed by atoms with van der Waals surface area (Å²) in [5.41, 5.74) is 1.61. The molecule has 0 aliphatic rings. The summed E-state index contributed by atoms with van der Waals surface area (Å²) >= 11 is 6.01. The Morgan fingerprint density at radius 1 is 1.30 bits per heavy atom. The maximum Gasteiger partial charge on any atom is 0.274 e. The molecular formula is C13H14ClN3O3. The second kappa shape index (κ2) is 5.83. The molecule has 2 aromatic rings. The van der Waals surface area contributed by atoms with E-state index >= 15 is 0 Å². The summed E-state index contributed by atoms with van der Waals surface area (Å²) in [5, 5.41) is 9.59. The van der Waals surface area contributed by atoms with Crippen molar-refractivity contribution in [2.45, 2.75) is 6.92 Å². The van der Waals surface area contributed by atoms with E-state index in [-0.39, 0.29) is 5.91 Å². The number of carbonyl (C=O) groups is 1. The van der Waals surface area contributed by atoms with Gasteiger partial charge >= 0.3 is 0 Å². The number of aromatic nitrogens is 2. The number of carbonyl (C=O) groups excluding carboxylic acids is 1. The first kappa shape index (κ1) is 14.2. The number of aryl methyl sites for hydroxylation is 1. The molecule has 0 spiro atoms. The normalized spacial score (nSPS) is 10.2. The van der Waals surface area contributed by atoms with Crippen LogP contribution in [-0.4, -0.2) is 30.3 Å². The minimum absolute atomic E-state index is 0.317. The lowest BCUT2D eigenvalue weighted by atomic mass is 10.2. The van der Waals surface area contributed by atoms with Crippen molar-refractivity contribution < 1.29 is 14.3 Å². The number of anilines is 1. The summed E-state index contributed by atoms with van der Waals surface area (Å²) < 4.78 is 10.3. The summed E-state index contributed by atoms with van der Waals surface area (Å²) in [4.78, 5) is 12.1. The van der Waals surface area contributed by atoms with Gasteiger partial charge in [-0.25, -0.2) is 0 Å². The monoisotopic (exact) mass is 295 g/mol. The number of halogens is 1. The van der Waals surface area contributed by atoms with Gasteiger partial charge in [0.1, 0.15) is 17.2 Å². The lowest BCUT2D eigenvalue weighted by Crippen LogP contribution is -2.14. The Labute approximate surface area is 121 Å². The Bertz CT molecular complexity index is 640. The van der Waals surface area contributed by atoms with Gasteiger partial charge in [-0.1, -0.05) is 11.6 Å². The standard InChI is InChI=1S/C13H14ClN3O3/c1-7-6-15-17-12(7)13(18)16-9-5-10(19-2)8(14)4-11(9)20-3/h4-6H,1-3H3,(H,15,17)(H,16,18). The molecule has 0 atom stereocenters. The van der Waals surface area contributed by atoms with Crippen LogP contribution in [0.3, 0.4) is 0 Å². The highest BCUT2D eigenvalue weighted by molar-refractivity contribution is 6.32. The predicted octanol–water partition coefficient (Wildman–Crippen LogP) is 2.64. The molecule has 0 aliphatic carbocycles. The van der Waals surface area contributed by atoms with Gasteiger partial charge in [-0.05, 0) is 12.5 Å². The molecule has 1 aromatic heterocycles. The van der Waals surface area contributed by atoms with E-state index in [1.54, 1.807) is 25.3 Å². The maximum absolute atomic E-state index is 12.1. The van der Waals surface area contributed by atoms with Crippen LogP contribution in [0.1, 0.15) is 16.1 Å². The Balaban J connectivity index is 2.33. The van der Waals surface area contributed by atoms with Crippen LogP contribution < -0.4 is 14.8 Å². The van der Waals surface area contributed by atoms with E-state index in [4.69, 9.17) is 21.1 Å². The molecule has 0 radical (unpaired) electrons. The van der Waals surface area contributed by atoms with Gasteiger partial charge in [0.15, 0.2) is 0 Å². The number of benzene rings is 1. The Morgan fingerprint density at radius 2 is 2.00 bits per heavy atom. The zero-order chi connectivity index (χ0) is 14.7. The Hall–Kier alpha value is -2.21. The van der Waals surface area contributed by atoms with E-state index < -0.39 is 0 Å². The van der Waals surface area contributed by atoms with Crippen molar-refractivity contribution in [1.82, 2.24) is 10.2 Å². The smallest absolute Gasteiger partial charge is 0.274 e. The fourth-order valence-corrected chi connectivity index (χ4v) is 1.95. The molecule has 7 heteroatoms. The molecular weight excluding hydrogens is 282 g/mol. The number of nitrogens with one attached hydrogen (secondary N) is 2. The predicted molar refractivity (Wildman–Crippen MR) is 75.8 cm³/mol. The van der Waals surface area contributed by atoms with Crippen LogP contribution in [0.2, 0.25) is 5.02 Å². The minimum Gasteiger partial charge on any atom is -0.495 e. The number of ether oxygens (including phenoxy) is 2. The number of nitrogens with zero attached hydrogens (tertiary/aromatic N) is 1. The second-order valence-corrected chi connectivity index (χ2v) is 4.48. The maximum atomic E-state index is 12.1. The van der Waals surface area contributed by atoms with Crippen molar-refractivity contribution in [1.29, 1.82) is 0 Å². The third-order valence-electron chi connectivity index (χ3n) is 2.78. The van der Waals surface area contributed by atoms with Crippen LogP contribution in [0, 0.1) is 6.92 Å². The zero-order valence-corrected chi connectivity index (χ0v) is 12.0. The summed E-state index contributed by atoms with van der Waals surface area (Å²) in [5.74, 6) is 0.577. The quantitative estimate of drug-likeness (QED) is 0.909. The fraction of sp³-hybridized carbons (Fsp3) is 0.231. The number of rotatable bonds is 4. The molecule has 0 saturated carbocycles. The summed E-state index contributed by atoms with van der Waals surface area (Å²) in [6.07, 6.45) is 1.58. The van der Waals surface area contributed by atoms with Gasteiger partial charge in [-0.15, -0.1) is 0 Å². The molecule has 106 valence electrons. The SMILES string of the molecule is COc1cc(NC(=O)c2[nH]ncc2C)c(OC)cc1Cl. The number of H-pyrrole nitrogens is 1. The lowest BCUT2D eigenvalue weighted by Gasteiger charge is -2.12. The van der Waals surface area contributed by atoms with Crippen molar-refractivity contribution in [3.05, 3.63) is 34.6 Å². The van der Waals surface area contributed by atoms with Gasteiger partial charge in [0.05, 0.1) is 31.1 Å². The zero-order valence-electron chi connectivity index (χ0n) is 11.3. The van der Waals surface area contributed by atoms with E-state index in [2.05, 4.69) is 15.5 Å². The van der Waals surface area contributed by atoms with Gasteiger partial charge in [0, 0.05) is 12.1 Å². The van der Waals surface area contributed by atoms with Crippen LogP contribution in [0.5, 0.6) is 11.5 Å². The first-order valence-corrected chi connectivity index (χ1v) is 6.17. The number of amides is 1. The molecule has 20 heavy (non-hydrogen) atoms. The van der Waals surface area contributed by atoms with Crippen LogP contribution in [0.4, 0.5) is 5.69 Å². The lowest BCUT2D eigenvalue weighted by molar-refractivity contribution is 0.102. The molecule has 2 N–H and O–H groups in total. The molecule has 1 amide bonds. The number of methoxy groups -OCH3 is 2. The van der Waals surface area contributed by atoms with E-state index in [9.17, 15) is 4.79 Å². The molecule has 0 bridgehead atoms. The van der Waals surface area contributed by atoms with Crippen LogP contribution >= 0.6 is 11.6 Å². The topological polar surface area (TPSA) is 76.2 Å². The highest BCUT2D eigenvalue weighted by Crippen LogP contribution is 2.36. The largest absolute Gasteiger partial charge is 0.495 e. The van der Waals surface area contributed by atoms with Crippen molar-refractivity contribution >= 4 is 23.2 Å². The molecule has 0 aliphatic heterocycles. The second-order valence-electron chi connectivity index (χ2n) is 4.07. The summed E-state index contributed by atoms with van der Waals surface area (Å²) in [6, 6.07) is 3.18. The Morgan fingerprint density at radius 3 is 2.55 bits per heavy atom. The molecule has 6 nitrogen and oxygen atoms in total. The van der Waals surface area contributed by atoms with Crippen LogP contribution in [0.25, 0.3) is 0 Å². The molecule has 0 unspecified atom stereocenters. The fourth-order valence-electron chi connectivity index (χ4n) is 1.72. The van der Waals surface area contributed by atoms with Crippen LogP contribution in [-0.2, 0) is 0 Å². The summed E-state index contributed by atoms with van der Waals surface area (Å²) in [7, 11) is 2.99. The molecule has 0 saturated heterocycles. The van der Waals surface area contributed by atoms with Gasteiger partial charge in [-0.3, -0.25) is 9.89 Å². The van der Waals surface area contributed by atoms with Crippen molar-refractivity contribution in [3.63, 3.8) is 0 Å². The van der Waals surface area contributed by atoms with Gasteiger partial charge in [0.25, 0.3) is 5.91 Å². The van der Waals surface area contributed by atoms with Gasteiger partial charge < -0.3 is 14.8 Å².